The molecule has 2 aromatic rings. The Morgan fingerprint density at radius 3 is 2.84 bits per heavy atom. The van der Waals surface area contributed by atoms with Crippen molar-refractivity contribution >= 4 is 11.2 Å². The van der Waals surface area contributed by atoms with Crippen LogP contribution in [0, 0.1) is 0 Å². The van der Waals surface area contributed by atoms with E-state index in [4.69, 9.17) is 17.8 Å². The fourth-order valence-corrected chi connectivity index (χ4v) is 1.59. The van der Waals surface area contributed by atoms with Gasteiger partial charge in [-0.2, -0.15) is 0 Å². The average molecular weight is 277 g/mol. The highest BCUT2D eigenvalue weighted by atomic mass is 16.2. The van der Waals surface area contributed by atoms with Crippen molar-refractivity contribution in [2.24, 2.45) is 14.1 Å². The second-order valence-corrected chi connectivity index (χ2v) is 3.62. The maximum absolute atomic E-state index is 12.9. The van der Waals surface area contributed by atoms with Gasteiger partial charge < -0.3 is 4.57 Å². The Morgan fingerprint density at radius 1 is 1.32 bits per heavy atom. The second-order valence-electron chi connectivity index (χ2n) is 3.62. The van der Waals surface area contributed by atoms with Crippen molar-refractivity contribution in [1.82, 2.24) is 18.7 Å². The first-order chi connectivity index (χ1) is 14.0. The van der Waals surface area contributed by atoms with E-state index in [0.717, 1.165) is 17.9 Å². The van der Waals surface area contributed by atoms with Gasteiger partial charge in [-0.25, -0.2) is 9.78 Å². The summed E-state index contributed by atoms with van der Waals surface area (Å²) in [4.78, 5) is 29.5. The highest BCUT2D eigenvalue weighted by Crippen LogP contribution is 2.04. The Morgan fingerprint density at radius 2 is 2.11 bits per heavy atom. The first kappa shape index (κ1) is 4.61. The number of nitrogens with zero attached hydrogens (tertiary/aromatic N) is 4. The summed E-state index contributed by atoms with van der Waals surface area (Å²) in [7, 11) is 2.43. The third-order valence-electron chi connectivity index (χ3n) is 2.47. The third-order valence-corrected chi connectivity index (χ3v) is 2.47. The van der Waals surface area contributed by atoms with Crippen LogP contribution >= 0.6 is 0 Å². The molecule has 2 heterocycles. The molecule has 6 nitrogen and oxygen atoms in total. The maximum Gasteiger partial charge on any atom is 0.332 e. The van der Waals surface area contributed by atoms with Gasteiger partial charge in [0.1, 0.15) is 0 Å². The minimum Gasteiger partial charge on any atom is -0.328 e. The zero-order valence-electron chi connectivity index (χ0n) is 23.2. The molecule has 0 bridgehead atoms. The van der Waals surface area contributed by atoms with Crippen LogP contribution in [-0.4, -0.2) is 18.7 Å². The molecule has 104 valence electrons. The largest absolute Gasteiger partial charge is 0.332 e. The minimum absolute atomic E-state index is 0.174. The van der Waals surface area contributed by atoms with Gasteiger partial charge in [-0.3, -0.25) is 13.9 Å². The molecule has 0 atom stereocenters. The quantitative estimate of drug-likeness (QED) is 0.819. The molecule has 0 unspecified atom stereocenters. The Hall–Kier alpha value is -1.85. The van der Waals surface area contributed by atoms with E-state index in [1.54, 1.807) is 0 Å². The molecule has 2 rings (SSSR count). The van der Waals surface area contributed by atoms with Crippen LogP contribution in [0.1, 0.15) is 50.2 Å². The summed E-state index contributed by atoms with van der Waals surface area (Å²) in [5.74, 6) is 0. The highest BCUT2D eigenvalue weighted by molar-refractivity contribution is 5.69. The van der Waals surface area contributed by atoms with Gasteiger partial charge in [0.2, 0.25) is 0 Å². The first-order valence-electron chi connectivity index (χ1n) is 11.6. The highest BCUT2D eigenvalue weighted by Gasteiger charge is 2.14. The van der Waals surface area contributed by atoms with Crippen LogP contribution < -0.4 is 11.2 Å². The Balaban J connectivity index is 2.88. The van der Waals surface area contributed by atoms with Crippen molar-refractivity contribution in [3.8, 4) is 0 Å². The van der Waals surface area contributed by atoms with Gasteiger partial charge in [0.05, 0.1) is 9.07 Å². The summed E-state index contributed by atoms with van der Waals surface area (Å²) in [5, 5.41) is 0. The Kier molecular flexibility index (Phi) is 1.32. The molecule has 0 aromatic carbocycles. The topological polar surface area (TPSA) is 61.8 Å². The van der Waals surface area contributed by atoms with Gasteiger partial charge >= 0.3 is 5.69 Å². The van der Waals surface area contributed by atoms with E-state index < -0.39 is 50.1 Å². The van der Waals surface area contributed by atoms with Crippen LogP contribution in [-0.2, 0) is 20.6 Å². The number of hydrogen-bond acceptors (Lipinski definition) is 3. The number of rotatable bonds is 5. The summed E-state index contributed by atoms with van der Waals surface area (Å²) < 4.78 is 103. The molecule has 0 saturated heterocycles. The SMILES string of the molecule is [2H]C([2H])([2H])C([2H])([2H])C([2H])([2H])C([2H])([2H])C([2H])([2H])C([2H])([2H])n1c(=O)c2c(ncn2C)n(C)c1=O. The van der Waals surface area contributed by atoms with Gasteiger partial charge in [-0.15, -0.1) is 0 Å². The second kappa shape index (κ2) is 5.42. The van der Waals surface area contributed by atoms with Crippen LogP contribution in [0.15, 0.2) is 15.9 Å². The van der Waals surface area contributed by atoms with Crippen LogP contribution in [0.4, 0.5) is 0 Å². The summed E-state index contributed by atoms with van der Waals surface area (Å²) >= 11 is 0. The summed E-state index contributed by atoms with van der Waals surface area (Å²) in [5.41, 5.74) is -3.35. The summed E-state index contributed by atoms with van der Waals surface area (Å²) in [6, 6.07) is 0. The van der Waals surface area contributed by atoms with Crippen LogP contribution in [0.25, 0.3) is 11.2 Å². The maximum atomic E-state index is 12.9. The predicted octanol–water partition coefficient (Wildman–Crippen LogP) is 1.01. The van der Waals surface area contributed by atoms with E-state index in [0.29, 0.717) is 4.57 Å². The van der Waals surface area contributed by atoms with Gasteiger partial charge in [0.15, 0.2) is 11.2 Å². The van der Waals surface area contributed by atoms with E-state index in [-0.39, 0.29) is 15.7 Å². The number of aromatic nitrogens is 4. The van der Waals surface area contributed by atoms with Crippen LogP contribution in [0.5, 0.6) is 0 Å². The van der Waals surface area contributed by atoms with Crippen molar-refractivity contribution in [2.45, 2.75) is 38.8 Å². The number of hydrogen-bond donors (Lipinski definition) is 0. The standard InChI is InChI=1S/C13H20N4O2/c1-4-5-6-7-8-17-12(18)10-11(14-9-15(10)2)16(3)13(17)19/h9H,4-8H2,1-3H3/i1D3,4D2,5D2,6D2,7D2,8D2. The average Bonchev–Trinajstić information content (AvgIpc) is 3.00. The minimum atomic E-state index is -4.20. The lowest BCUT2D eigenvalue weighted by Crippen LogP contribution is -2.39. The third kappa shape index (κ3) is 2.34. The molecule has 2 aromatic heterocycles. The van der Waals surface area contributed by atoms with Gasteiger partial charge in [0.25, 0.3) is 5.56 Å². The molecular formula is C13H20N4O2. The Labute approximate surface area is 129 Å². The lowest BCUT2D eigenvalue weighted by molar-refractivity contribution is 0.539. The molecule has 0 fully saturated rings. The fourth-order valence-electron chi connectivity index (χ4n) is 1.59. The first-order valence-corrected chi connectivity index (χ1v) is 5.13. The molecule has 0 aliphatic heterocycles. The van der Waals surface area contributed by atoms with Crippen LogP contribution in [0.3, 0.4) is 0 Å². The van der Waals surface area contributed by atoms with Crippen molar-refractivity contribution in [3.63, 3.8) is 0 Å². The zero-order chi connectivity index (χ0) is 25.5. The molecule has 0 aliphatic carbocycles. The molecule has 19 heavy (non-hydrogen) atoms. The van der Waals surface area contributed by atoms with Gasteiger partial charge in [-0.05, 0) is 6.37 Å². The van der Waals surface area contributed by atoms with E-state index in [9.17, 15) is 9.59 Å². The molecule has 0 saturated carbocycles. The normalized spacial score (nSPS) is 25.9. The molecule has 0 spiro atoms. The molecule has 0 radical (unpaired) electrons. The summed E-state index contributed by atoms with van der Waals surface area (Å²) in [6.07, 6.45) is -15.3. The van der Waals surface area contributed by atoms with E-state index in [1.165, 1.54) is 7.05 Å². The predicted molar refractivity (Wildman–Crippen MR) is 74.4 cm³/mol. The lowest BCUT2D eigenvalue weighted by Gasteiger charge is -2.08. The van der Waals surface area contributed by atoms with Gasteiger partial charge in [0, 0.05) is 35.7 Å². The van der Waals surface area contributed by atoms with E-state index in [2.05, 4.69) is 4.98 Å². The Bertz CT molecular complexity index is 1170. The van der Waals surface area contributed by atoms with Gasteiger partial charge in [-0.1, -0.05) is 26.0 Å². The molecule has 0 amide bonds. The van der Waals surface area contributed by atoms with Crippen molar-refractivity contribution < 1.29 is 17.8 Å². The van der Waals surface area contributed by atoms with Crippen LogP contribution in [0.2, 0.25) is 0 Å². The van der Waals surface area contributed by atoms with E-state index in [1.807, 2.05) is 0 Å². The number of imidazole rings is 1. The molecule has 6 heteroatoms. The summed E-state index contributed by atoms with van der Waals surface area (Å²) in [6.45, 7) is -7.66. The number of aryl methyl sites for hydroxylation is 2. The monoisotopic (exact) mass is 277 g/mol. The zero-order valence-corrected chi connectivity index (χ0v) is 10.2. The molecule has 0 aliphatic rings. The smallest absolute Gasteiger partial charge is 0.328 e. The molecular weight excluding hydrogens is 244 g/mol. The number of fused-ring (bicyclic) bond motifs is 1. The lowest BCUT2D eigenvalue weighted by atomic mass is 10.2. The van der Waals surface area contributed by atoms with Crippen molar-refractivity contribution in [2.75, 3.05) is 0 Å². The van der Waals surface area contributed by atoms with E-state index >= 15 is 0 Å². The van der Waals surface area contributed by atoms with Crippen molar-refractivity contribution in [1.29, 1.82) is 0 Å². The fraction of sp³-hybridized carbons (Fsp3) is 0.615. The van der Waals surface area contributed by atoms with Crippen molar-refractivity contribution in [3.05, 3.63) is 27.2 Å². The molecule has 0 N–H and O–H groups in total.